The smallest absolute Gasteiger partial charge is 0.166 e. The summed E-state index contributed by atoms with van der Waals surface area (Å²) >= 11 is 0. The standard InChI is InChI=1S/C4H7N4.CH3.Y/c1-6-4(7-2)8-3-5;;/h1H2,2H3,(H2,6,7,8);1H3;/q2*-1;. The average Bonchev–Trinajstić information content (AvgIpc) is 1.83. The number of guanidine groups is 1. The van der Waals surface area contributed by atoms with E-state index in [0.29, 0.717) is 5.96 Å². The maximum Gasteiger partial charge on any atom is 0.166 e. The van der Waals surface area contributed by atoms with E-state index in [4.69, 9.17) is 5.26 Å². The summed E-state index contributed by atoms with van der Waals surface area (Å²) in [6.45, 7) is 0. The van der Waals surface area contributed by atoms with E-state index in [-0.39, 0.29) is 40.1 Å². The third kappa shape index (κ3) is 7.73. The van der Waals surface area contributed by atoms with E-state index in [2.05, 4.69) is 22.7 Å². The largest absolute Gasteiger partial charge is 0.435 e. The molecule has 0 aromatic heterocycles. The van der Waals surface area contributed by atoms with Crippen LogP contribution in [0.3, 0.4) is 0 Å². The minimum atomic E-state index is 0. The average molecular weight is 215 g/mol. The van der Waals surface area contributed by atoms with Gasteiger partial charge in [0.2, 0.25) is 0 Å². The Morgan fingerprint density at radius 1 is 1.70 bits per heavy atom. The van der Waals surface area contributed by atoms with Crippen molar-refractivity contribution in [3.05, 3.63) is 14.5 Å². The van der Waals surface area contributed by atoms with Crippen molar-refractivity contribution >= 4 is 5.96 Å². The van der Waals surface area contributed by atoms with Crippen LogP contribution in [0.1, 0.15) is 0 Å². The van der Waals surface area contributed by atoms with Gasteiger partial charge in [0, 0.05) is 32.7 Å². The molecule has 0 rings (SSSR count). The molecule has 55 valence electrons. The Morgan fingerprint density at radius 3 is 2.30 bits per heavy atom. The molecular formula is C5H10N4Y-2. The molecule has 0 fully saturated rings. The molecule has 2 N–H and O–H groups in total. The quantitative estimate of drug-likeness (QED) is 0.194. The molecular weight excluding hydrogens is 205 g/mol. The van der Waals surface area contributed by atoms with E-state index in [0.717, 1.165) is 0 Å². The number of aliphatic imine (C=N–C) groups is 1. The predicted octanol–water partition coefficient (Wildman–Crippen LogP) is -0.128. The van der Waals surface area contributed by atoms with Crippen LogP contribution in [0.5, 0.6) is 0 Å². The third-order valence-corrected chi connectivity index (χ3v) is 0.569. The van der Waals surface area contributed by atoms with Crippen LogP contribution in [-0.4, -0.2) is 13.0 Å². The van der Waals surface area contributed by atoms with E-state index >= 15 is 0 Å². The summed E-state index contributed by atoms with van der Waals surface area (Å²) in [5, 5.41) is 12.9. The number of hydrogen-bond donors (Lipinski definition) is 2. The molecule has 0 saturated carbocycles. The van der Waals surface area contributed by atoms with Gasteiger partial charge in [0.1, 0.15) is 0 Å². The fraction of sp³-hybridized carbons (Fsp3) is 0.200. The fourth-order valence-electron chi connectivity index (χ4n) is 0.234. The van der Waals surface area contributed by atoms with Crippen LogP contribution in [0.2, 0.25) is 0 Å². The Balaban J connectivity index is -0.000000245. The molecule has 0 bridgehead atoms. The zero-order valence-electron chi connectivity index (χ0n) is 6.18. The molecule has 0 aliphatic rings. The monoisotopic (exact) mass is 215 g/mol. The molecule has 0 aliphatic heterocycles. The van der Waals surface area contributed by atoms with Gasteiger partial charge in [-0.3, -0.25) is 0 Å². The van der Waals surface area contributed by atoms with Gasteiger partial charge in [-0.2, -0.15) is 12.3 Å². The van der Waals surface area contributed by atoms with Crippen molar-refractivity contribution in [2.45, 2.75) is 0 Å². The second-order valence-corrected chi connectivity index (χ2v) is 0.994. The zero-order valence-corrected chi connectivity index (χ0v) is 9.02. The summed E-state index contributed by atoms with van der Waals surface area (Å²) in [6, 6.07) is 0. The van der Waals surface area contributed by atoms with Crippen molar-refractivity contribution in [1.29, 1.82) is 5.26 Å². The minimum Gasteiger partial charge on any atom is -0.435 e. The van der Waals surface area contributed by atoms with Crippen LogP contribution >= 0.6 is 0 Å². The second kappa shape index (κ2) is 11.5. The first-order chi connectivity index (χ1) is 3.85. The maximum atomic E-state index is 7.99. The zero-order chi connectivity index (χ0) is 6.41. The van der Waals surface area contributed by atoms with Crippen LogP contribution in [0, 0.1) is 25.9 Å². The number of hydrogen-bond acceptors (Lipinski definition) is 2. The first-order valence-corrected chi connectivity index (χ1v) is 2.01. The Bertz CT molecular complexity index is 126. The molecule has 0 unspecified atom stereocenters. The van der Waals surface area contributed by atoms with E-state index in [1.807, 2.05) is 0 Å². The molecule has 0 heterocycles. The number of nitrogens with one attached hydrogen (secondary N) is 2. The van der Waals surface area contributed by atoms with Gasteiger partial charge in [-0.25, -0.2) is 0 Å². The number of rotatable bonds is 0. The van der Waals surface area contributed by atoms with Crippen molar-refractivity contribution < 1.29 is 32.7 Å². The number of nitriles is 1. The van der Waals surface area contributed by atoms with Gasteiger partial charge in [-0.15, -0.1) is 0 Å². The van der Waals surface area contributed by atoms with Crippen molar-refractivity contribution in [2.24, 2.45) is 4.99 Å². The molecule has 4 nitrogen and oxygen atoms in total. The van der Waals surface area contributed by atoms with Gasteiger partial charge in [0.25, 0.3) is 0 Å². The number of nitrogens with zero attached hydrogens (tertiary/aromatic N) is 2. The van der Waals surface area contributed by atoms with E-state index in [1.54, 1.807) is 13.2 Å². The van der Waals surface area contributed by atoms with Crippen LogP contribution in [0.4, 0.5) is 0 Å². The predicted molar refractivity (Wildman–Crippen MR) is 37.0 cm³/mol. The van der Waals surface area contributed by atoms with Gasteiger partial charge < -0.3 is 23.1 Å². The van der Waals surface area contributed by atoms with Crippen LogP contribution in [-0.2, 0) is 32.7 Å². The molecule has 0 saturated heterocycles. The van der Waals surface area contributed by atoms with Crippen molar-refractivity contribution in [3.63, 3.8) is 0 Å². The molecule has 10 heavy (non-hydrogen) atoms. The van der Waals surface area contributed by atoms with Crippen molar-refractivity contribution in [2.75, 3.05) is 7.05 Å². The van der Waals surface area contributed by atoms with Gasteiger partial charge in [-0.1, -0.05) is 0 Å². The van der Waals surface area contributed by atoms with Crippen molar-refractivity contribution in [1.82, 2.24) is 10.6 Å². The molecule has 5 heteroatoms. The normalized spacial score (nSPS) is 7.80. The molecule has 0 aromatic rings. The second-order valence-electron chi connectivity index (χ2n) is 0.994. The van der Waals surface area contributed by atoms with Gasteiger partial charge >= 0.3 is 0 Å². The molecule has 1 radical (unpaired) electrons. The Hall–Kier alpha value is -0.266. The Kier molecular flexibility index (Phi) is 18.9. The topological polar surface area (TPSA) is 60.2 Å². The van der Waals surface area contributed by atoms with E-state index in [1.165, 1.54) is 0 Å². The summed E-state index contributed by atoms with van der Waals surface area (Å²) in [5.74, 6) is 0.368. The summed E-state index contributed by atoms with van der Waals surface area (Å²) in [6.07, 6.45) is 1.69. The van der Waals surface area contributed by atoms with E-state index in [9.17, 15) is 0 Å². The van der Waals surface area contributed by atoms with Gasteiger partial charge in [-0.05, 0) is 7.05 Å². The summed E-state index contributed by atoms with van der Waals surface area (Å²) in [7, 11) is 4.83. The van der Waals surface area contributed by atoms with Crippen LogP contribution in [0.25, 0.3) is 0 Å². The summed E-state index contributed by atoms with van der Waals surface area (Å²) in [5.41, 5.74) is 0. The van der Waals surface area contributed by atoms with Crippen LogP contribution < -0.4 is 10.6 Å². The fourth-order valence-corrected chi connectivity index (χ4v) is 0.234. The molecule has 0 aromatic carbocycles. The Labute approximate surface area is 87.0 Å². The van der Waals surface area contributed by atoms with Gasteiger partial charge in [0.05, 0.1) is 5.96 Å². The SMILES string of the molecule is [CH2-]N=C(NC)NC#N.[CH3-].[Y]. The first kappa shape index (κ1) is 16.4. The minimum absolute atomic E-state index is 0. The summed E-state index contributed by atoms with van der Waals surface area (Å²) < 4.78 is 0. The molecule has 0 amide bonds. The maximum absolute atomic E-state index is 7.99. The molecule has 0 aliphatic carbocycles. The van der Waals surface area contributed by atoms with E-state index < -0.39 is 0 Å². The third-order valence-electron chi connectivity index (χ3n) is 0.569. The van der Waals surface area contributed by atoms with Gasteiger partial charge in [0.15, 0.2) is 6.19 Å². The molecule has 0 spiro atoms. The molecule has 0 atom stereocenters. The Morgan fingerprint density at radius 2 is 2.20 bits per heavy atom. The first-order valence-electron chi connectivity index (χ1n) is 2.01. The van der Waals surface area contributed by atoms with Crippen LogP contribution in [0.15, 0.2) is 4.99 Å². The van der Waals surface area contributed by atoms with Crippen molar-refractivity contribution in [3.8, 4) is 6.19 Å². The summed E-state index contributed by atoms with van der Waals surface area (Å²) in [4.78, 5) is 3.42.